The molecule has 0 saturated heterocycles. The average Bonchev–Trinajstić information content (AvgIpc) is 2.51. The van der Waals surface area contributed by atoms with Crippen LogP contribution in [-0.4, -0.2) is 9.55 Å². The van der Waals surface area contributed by atoms with E-state index in [1.54, 1.807) is 11.6 Å². The molecule has 0 atom stereocenters. The minimum Gasteiger partial charge on any atom is -0.295 e. The molecule has 0 aliphatic carbocycles. The lowest BCUT2D eigenvalue weighted by Crippen LogP contribution is -2.21. The van der Waals surface area contributed by atoms with E-state index in [0.29, 0.717) is 11.2 Å². The minimum atomic E-state index is 0.0113. The van der Waals surface area contributed by atoms with Crippen LogP contribution in [0, 0.1) is 6.92 Å². The Bertz CT molecular complexity index is 864. The van der Waals surface area contributed by atoms with Gasteiger partial charge in [0, 0.05) is 12.6 Å². The van der Waals surface area contributed by atoms with Crippen LogP contribution in [0.4, 0.5) is 0 Å². The molecule has 3 heteroatoms. The third-order valence-corrected chi connectivity index (χ3v) is 3.82. The topological polar surface area (TPSA) is 34.9 Å². The lowest BCUT2D eigenvalue weighted by molar-refractivity contribution is 0.854. The first-order valence-electron chi connectivity index (χ1n) is 7.17. The zero-order chi connectivity index (χ0) is 15.0. The molecule has 0 aliphatic rings. The number of aromatic nitrogens is 2. The Morgan fingerprint density at radius 2 is 1.86 bits per heavy atom. The van der Waals surface area contributed by atoms with Gasteiger partial charge in [0.15, 0.2) is 0 Å². The largest absolute Gasteiger partial charge is 0.295 e. The Kier molecular flexibility index (Phi) is 3.34. The van der Waals surface area contributed by atoms with E-state index in [9.17, 15) is 4.79 Å². The van der Waals surface area contributed by atoms with E-state index < -0.39 is 0 Å². The fraction of sp³-hybridized carbons (Fsp3) is 0.222. The van der Waals surface area contributed by atoms with Gasteiger partial charge in [0.2, 0.25) is 0 Å². The van der Waals surface area contributed by atoms with E-state index in [1.807, 2.05) is 43.3 Å². The molecule has 3 aromatic rings. The second-order valence-corrected chi connectivity index (χ2v) is 5.34. The molecule has 1 heterocycles. The lowest BCUT2D eigenvalue weighted by atomic mass is 10.0. The van der Waals surface area contributed by atoms with Crippen molar-refractivity contribution in [2.75, 3.05) is 0 Å². The van der Waals surface area contributed by atoms with Crippen LogP contribution in [0.25, 0.3) is 22.3 Å². The Morgan fingerprint density at radius 1 is 1.14 bits per heavy atom. The molecule has 21 heavy (non-hydrogen) atoms. The van der Waals surface area contributed by atoms with Crippen molar-refractivity contribution in [3.8, 4) is 11.4 Å². The number of hydrogen-bond acceptors (Lipinski definition) is 2. The van der Waals surface area contributed by atoms with Gasteiger partial charge in [-0.2, -0.15) is 0 Å². The van der Waals surface area contributed by atoms with Gasteiger partial charge in [-0.1, -0.05) is 43.3 Å². The summed E-state index contributed by atoms with van der Waals surface area (Å²) < 4.78 is 1.64. The molecule has 106 valence electrons. The Morgan fingerprint density at radius 3 is 2.52 bits per heavy atom. The van der Waals surface area contributed by atoms with Gasteiger partial charge in [-0.25, -0.2) is 4.98 Å². The van der Waals surface area contributed by atoms with Crippen LogP contribution in [-0.2, 0) is 13.5 Å². The number of hydrogen-bond donors (Lipinski definition) is 0. The number of benzene rings is 2. The normalized spacial score (nSPS) is 11.0. The van der Waals surface area contributed by atoms with Gasteiger partial charge in [0.05, 0.1) is 10.9 Å². The second kappa shape index (κ2) is 5.17. The van der Waals surface area contributed by atoms with E-state index in [4.69, 9.17) is 4.98 Å². The van der Waals surface area contributed by atoms with Crippen molar-refractivity contribution >= 4 is 10.9 Å². The van der Waals surface area contributed by atoms with E-state index in [1.165, 1.54) is 0 Å². The highest BCUT2D eigenvalue weighted by atomic mass is 16.1. The Balaban J connectivity index is 2.42. The summed E-state index contributed by atoms with van der Waals surface area (Å²) in [6.45, 7) is 4.11. The van der Waals surface area contributed by atoms with Crippen molar-refractivity contribution in [2.24, 2.45) is 7.05 Å². The van der Waals surface area contributed by atoms with Crippen LogP contribution in [0.15, 0.2) is 47.3 Å². The summed E-state index contributed by atoms with van der Waals surface area (Å²) in [5.74, 6) is 0.714. The third kappa shape index (κ3) is 2.25. The number of aryl methyl sites for hydroxylation is 2. The quantitative estimate of drug-likeness (QED) is 0.719. The van der Waals surface area contributed by atoms with Gasteiger partial charge >= 0.3 is 0 Å². The fourth-order valence-corrected chi connectivity index (χ4v) is 2.72. The van der Waals surface area contributed by atoms with E-state index in [0.717, 1.165) is 28.6 Å². The van der Waals surface area contributed by atoms with Crippen molar-refractivity contribution in [2.45, 2.75) is 20.3 Å². The fourth-order valence-electron chi connectivity index (χ4n) is 2.72. The molecule has 0 aliphatic heterocycles. The molecule has 1 aromatic heterocycles. The van der Waals surface area contributed by atoms with Crippen molar-refractivity contribution < 1.29 is 0 Å². The van der Waals surface area contributed by atoms with Crippen molar-refractivity contribution in [3.63, 3.8) is 0 Å². The monoisotopic (exact) mass is 278 g/mol. The molecule has 0 unspecified atom stereocenters. The molecule has 0 radical (unpaired) electrons. The summed E-state index contributed by atoms with van der Waals surface area (Å²) >= 11 is 0. The maximum atomic E-state index is 12.7. The number of nitrogens with zero attached hydrogens (tertiary/aromatic N) is 2. The van der Waals surface area contributed by atoms with Crippen LogP contribution in [0.1, 0.15) is 18.1 Å². The standard InChI is InChI=1S/C18H18N2O/c1-4-13-10-12(2)11-15-16(13)19-17(20(3)18(15)21)14-8-6-5-7-9-14/h5-11H,4H2,1-3H3. The predicted molar refractivity (Wildman–Crippen MR) is 86.5 cm³/mol. The SMILES string of the molecule is CCc1cc(C)cc2c(=O)n(C)c(-c3ccccc3)nc12. The van der Waals surface area contributed by atoms with Gasteiger partial charge in [0.25, 0.3) is 5.56 Å². The summed E-state index contributed by atoms with van der Waals surface area (Å²) in [6, 6.07) is 13.9. The molecule has 2 aromatic carbocycles. The molecular weight excluding hydrogens is 260 g/mol. The van der Waals surface area contributed by atoms with E-state index in [2.05, 4.69) is 13.0 Å². The van der Waals surface area contributed by atoms with E-state index >= 15 is 0 Å². The summed E-state index contributed by atoms with van der Waals surface area (Å²) in [4.78, 5) is 17.4. The molecule has 0 fully saturated rings. The maximum absolute atomic E-state index is 12.7. The first kappa shape index (κ1) is 13.6. The Hall–Kier alpha value is -2.42. The van der Waals surface area contributed by atoms with Crippen LogP contribution in [0.3, 0.4) is 0 Å². The molecule has 3 rings (SSSR count). The summed E-state index contributed by atoms with van der Waals surface area (Å²) in [7, 11) is 1.78. The lowest BCUT2D eigenvalue weighted by Gasteiger charge is -2.12. The zero-order valence-electron chi connectivity index (χ0n) is 12.6. The highest BCUT2D eigenvalue weighted by Gasteiger charge is 2.12. The van der Waals surface area contributed by atoms with E-state index in [-0.39, 0.29) is 5.56 Å². The van der Waals surface area contributed by atoms with Crippen LogP contribution >= 0.6 is 0 Å². The second-order valence-electron chi connectivity index (χ2n) is 5.34. The van der Waals surface area contributed by atoms with Gasteiger partial charge in [0.1, 0.15) is 5.82 Å². The minimum absolute atomic E-state index is 0.0113. The molecule has 0 amide bonds. The molecular formula is C18H18N2O. The number of fused-ring (bicyclic) bond motifs is 1. The summed E-state index contributed by atoms with van der Waals surface area (Å²) in [5, 5.41) is 0.703. The van der Waals surface area contributed by atoms with Crippen molar-refractivity contribution in [1.29, 1.82) is 0 Å². The third-order valence-electron chi connectivity index (χ3n) is 3.82. The first-order chi connectivity index (χ1) is 10.1. The zero-order valence-corrected chi connectivity index (χ0v) is 12.6. The molecule has 0 saturated carbocycles. The molecule has 0 N–H and O–H groups in total. The van der Waals surface area contributed by atoms with Gasteiger partial charge in [-0.3, -0.25) is 9.36 Å². The average molecular weight is 278 g/mol. The number of rotatable bonds is 2. The van der Waals surface area contributed by atoms with Gasteiger partial charge in [-0.15, -0.1) is 0 Å². The summed E-state index contributed by atoms with van der Waals surface area (Å²) in [6.07, 6.45) is 0.868. The van der Waals surface area contributed by atoms with Gasteiger partial charge < -0.3 is 0 Å². The maximum Gasteiger partial charge on any atom is 0.261 e. The molecule has 0 spiro atoms. The highest BCUT2D eigenvalue weighted by molar-refractivity contribution is 5.83. The molecule has 0 bridgehead atoms. The van der Waals surface area contributed by atoms with Crippen LogP contribution in [0.2, 0.25) is 0 Å². The Labute approximate surface area is 123 Å². The van der Waals surface area contributed by atoms with Crippen LogP contribution < -0.4 is 5.56 Å². The van der Waals surface area contributed by atoms with Crippen LogP contribution in [0.5, 0.6) is 0 Å². The van der Waals surface area contributed by atoms with Crippen molar-refractivity contribution in [1.82, 2.24) is 9.55 Å². The first-order valence-corrected chi connectivity index (χ1v) is 7.17. The predicted octanol–water partition coefficient (Wildman–Crippen LogP) is 3.47. The highest BCUT2D eigenvalue weighted by Crippen LogP contribution is 2.21. The summed E-state index contributed by atoms with van der Waals surface area (Å²) in [5.41, 5.74) is 4.02. The van der Waals surface area contributed by atoms with Crippen molar-refractivity contribution in [3.05, 3.63) is 63.9 Å². The smallest absolute Gasteiger partial charge is 0.261 e. The molecule has 3 nitrogen and oxygen atoms in total. The van der Waals surface area contributed by atoms with Gasteiger partial charge in [-0.05, 0) is 30.5 Å².